The predicted octanol–water partition coefficient (Wildman–Crippen LogP) is 3.25. The number of nitrogens with one attached hydrogen (secondary N) is 1. The molecule has 5 heterocycles. The fourth-order valence-corrected chi connectivity index (χ4v) is 6.93. The highest BCUT2D eigenvalue weighted by Crippen LogP contribution is 2.48. The van der Waals surface area contributed by atoms with Gasteiger partial charge in [0.2, 0.25) is 5.91 Å². The Morgan fingerprint density at radius 3 is 2.69 bits per heavy atom. The summed E-state index contributed by atoms with van der Waals surface area (Å²) in [6.45, 7) is 2.42. The van der Waals surface area contributed by atoms with Crippen LogP contribution in [0.25, 0.3) is 0 Å². The molecule has 36 heavy (non-hydrogen) atoms. The van der Waals surface area contributed by atoms with Crippen molar-refractivity contribution in [2.75, 3.05) is 19.7 Å². The molecule has 0 aliphatic carbocycles. The Morgan fingerprint density at radius 2 is 1.97 bits per heavy atom. The van der Waals surface area contributed by atoms with Crippen molar-refractivity contribution in [2.45, 2.75) is 62.6 Å². The van der Waals surface area contributed by atoms with E-state index in [9.17, 15) is 27.9 Å². The van der Waals surface area contributed by atoms with Crippen LogP contribution in [0.5, 0.6) is 5.75 Å². The number of piperidine rings is 2. The Hall–Kier alpha value is -2.63. The van der Waals surface area contributed by atoms with Crippen LogP contribution in [-0.2, 0) is 29.5 Å². The first kappa shape index (κ1) is 23.7. The van der Waals surface area contributed by atoms with Crippen molar-refractivity contribution < 1.29 is 32.6 Å². The van der Waals surface area contributed by atoms with E-state index in [0.29, 0.717) is 55.3 Å². The standard InChI is InChI=1S/C25H26F3N3O4S/c26-25(27,28)16-3-8-36-20(16)12-30-6-4-24(5-7-30)13-35-19-10-15-14(9-17(19)24)11-31(23(15)34)18-1-2-21(32)29-22(18)33/h3,8-10,18,21,32H,1-2,4-7,11-13H2,(H,29,33). The maximum atomic E-state index is 13.3. The number of amides is 2. The molecule has 1 spiro atoms. The van der Waals surface area contributed by atoms with Gasteiger partial charge in [0.05, 0.1) is 12.2 Å². The predicted molar refractivity (Wildman–Crippen MR) is 124 cm³/mol. The van der Waals surface area contributed by atoms with E-state index in [0.717, 1.165) is 41.4 Å². The molecule has 2 fully saturated rings. The van der Waals surface area contributed by atoms with Crippen molar-refractivity contribution in [1.82, 2.24) is 15.1 Å². The lowest BCUT2D eigenvalue weighted by Crippen LogP contribution is -2.54. The van der Waals surface area contributed by atoms with Crippen LogP contribution in [0.4, 0.5) is 13.2 Å². The molecule has 0 radical (unpaired) electrons. The van der Waals surface area contributed by atoms with Crippen LogP contribution < -0.4 is 10.1 Å². The maximum Gasteiger partial charge on any atom is 0.417 e. The van der Waals surface area contributed by atoms with Crippen LogP contribution in [0.1, 0.15) is 57.6 Å². The van der Waals surface area contributed by atoms with Crippen molar-refractivity contribution in [3.8, 4) is 5.75 Å². The number of likely N-dealkylation sites (tertiary alicyclic amines) is 1. The molecule has 1 aromatic carbocycles. The third kappa shape index (κ3) is 3.88. The van der Waals surface area contributed by atoms with Gasteiger partial charge < -0.3 is 20.1 Å². The molecule has 0 saturated carbocycles. The number of carbonyl (C=O) groups excluding carboxylic acids is 2. The second kappa shape index (κ2) is 8.46. The van der Waals surface area contributed by atoms with Gasteiger partial charge in [-0.1, -0.05) is 0 Å². The number of hydrogen-bond donors (Lipinski definition) is 2. The third-order valence-corrected chi connectivity index (χ3v) is 8.95. The number of aliphatic hydroxyl groups is 1. The fourth-order valence-electron chi connectivity index (χ4n) is 5.99. The molecule has 6 rings (SSSR count). The van der Waals surface area contributed by atoms with Gasteiger partial charge in [-0.15, -0.1) is 11.3 Å². The summed E-state index contributed by atoms with van der Waals surface area (Å²) in [4.78, 5) is 29.5. The molecule has 1 aromatic heterocycles. The number of rotatable bonds is 3. The van der Waals surface area contributed by atoms with Crippen molar-refractivity contribution in [2.24, 2.45) is 0 Å². The van der Waals surface area contributed by atoms with Crippen molar-refractivity contribution in [3.05, 3.63) is 50.7 Å². The summed E-state index contributed by atoms with van der Waals surface area (Å²) in [5.41, 5.74) is 1.67. The van der Waals surface area contributed by atoms with E-state index in [1.54, 1.807) is 11.0 Å². The van der Waals surface area contributed by atoms with Crippen LogP contribution in [0.3, 0.4) is 0 Å². The van der Waals surface area contributed by atoms with Crippen LogP contribution in [-0.4, -0.2) is 58.7 Å². The second-order valence-corrected chi connectivity index (χ2v) is 11.2. The average Bonchev–Trinajstić information content (AvgIpc) is 3.52. The summed E-state index contributed by atoms with van der Waals surface area (Å²) in [6.07, 6.45) is -2.90. The van der Waals surface area contributed by atoms with Gasteiger partial charge in [-0.3, -0.25) is 14.5 Å². The van der Waals surface area contributed by atoms with Crippen LogP contribution in [0.2, 0.25) is 0 Å². The first-order valence-electron chi connectivity index (χ1n) is 12.1. The Balaban J connectivity index is 1.18. The minimum Gasteiger partial charge on any atom is -0.492 e. The number of fused-ring (bicyclic) bond motifs is 3. The number of carbonyl (C=O) groups is 2. The molecule has 2 unspecified atom stereocenters. The van der Waals surface area contributed by atoms with E-state index in [4.69, 9.17) is 4.74 Å². The molecule has 2 amide bonds. The highest BCUT2D eigenvalue weighted by Gasteiger charge is 2.46. The highest BCUT2D eigenvalue weighted by atomic mass is 32.1. The highest BCUT2D eigenvalue weighted by molar-refractivity contribution is 7.10. The molecule has 4 aliphatic heterocycles. The zero-order valence-corrected chi connectivity index (χ0v) is 20.3. The van der Waals surface area contributed by atoms with Crippen molar-refractivity contribution in [1.29, 1.82) is 0 Å². The lowest BCUT2D eigenvalue weighted by Gasteiger charge is -2.38. The van der Waals surface area contributed by atoms with E-state index < -0.39 is 24.0 Å². The lowest BCUT2D eigenvalue weighted by atomic mass is 9.74. The smallest absolute Gasteiger partial charge is 0.417 e. The van der Waals surface area contributed by atoms with E-state index >= 15 is 0 Å². The molecular weight excluding hydrogens is 495 g/mol. The van der Waals surface area contributed by atoms with Crippen molar-refractivity contribution in [3.63, 3.8) is 0 Å². The van der Waals surface area contributed by atoms with Gasteiger partial charge in [-0.25, -0.2) is 0 Å². The van der Waals surface area contributed by atoms with Gasteiger partial charge in [0, 0.05) is 34.5 Å². The van der Waals surface area contributed by atoms with E-state index in [-0.39, 0.29) is 23.8 Å². The SMILES string of the molecule is O=C1NC(O)CCC1N1Cc2cc3c(cc2C1=O)OCC31CCN(Cc2sccc2C(F)(F)F)CC1. The second-order valence-electron chi connectivity index (χ2n) is 10.2. The lowest BCUT2D eigenvalue weighted by molar-refractivity contribution is -0.138. The number of nitrogens with zero attached hydrogens (tertiary/aromatic N) is 2. The molecular formula is C25H26F3N3O4S. The number of benzene rings is 1. The van der Waals surface area contributed by atoms with Gasteiger partial charge >= 0.3 is 6.18 Å². The first-order chi connectivity index (χ1) is 17.1. The summed E-state index contributed by atoms with van der Waals surface area (Å²) in [5, 5.41) is 13.7. The average molecular weight is 522 g/mol. The first-order valence-corrected chi connectivity index (χ1v) is 13.0. The molecule has 2 aromatic rings. The van der Waals surface area contributed by atoms with Crippen molar-refractivity contribution >= 4 is 23.2 Å². The monoisotopic (exact) mass is 521 g/mol. The molecule has 4 aliphatic rings. The Labute approximate surface area is 209 Å². The zero-order chi connectivity index (χ0) is 25.2. The summed E-state index contributed by atoms with van der Waals surface area (Å²) in [6, 6.07) is 4.35. The van der Waals surface area contributed by atoms with Crippen LogP contribution in [0.15, 0.2) is 23.6 Å². The normalized spacial score (nSPS) is 25.6. The Kier molecular flexibility index (Phi) is 5.58. The van der Waals surface area contributed by atoms with E-state index in [1.807, 2.05) is 6.07 Å². The van der Waals surface area contributed by atoms with Crippen LogP contribution >= 0.6 is 11.3 Å². The topological polar surface area (TPSA) is 82.1 Å². The molecule has 2 saturated heterocycles. The zero-order valence-electron chi connectivity index (χ0n) is 19.4. The van der Waals surface area contributed by atoms with E-state index in [2.05, 4.69) is 10.2 Å². The third-order valence-electron chi connectivity index (χ3n) is 8.05. The molecule has 2 N–H and O–H groups in total. The van der Waals surface area contributed by atoms with Gasteiger partial charge in [0.1, 0.15) is 18.0 Å². The van der Waals surface area contributed by atoms with Gasteiger partial charge in [0.25, 0.3) is 5.91 Å². The fraction of sp³-hybridized carbons (Fsp3) is 0.520. The molecule has 11 heteroatoms. The van der Waals surface area contributed by atoms with Gasteiger partial charge in [-0.05, 0) is 67.9 Å². The largest absolute Gasteiger partial charge is 0.492 e. The number of halogens is 3. The Bertz CT molecular complexity index is 1220. The summed E-state index contributed by atoms with van der Waals surface area (Å²) in [5.74, 6) is 0.126. The summed E-state index contributed by atoms with van der Waals surface area (Å²) < 4.78 is 45.9. The van der Waals surface area contributed by atoms with Crippen LogP contribution in [0, 0.1) is 0 Å². The molecule has 192 valence electrons. The van der Waals surface area contributed by atoms with Gasteiger partial charge in [-0.2, -0.15) is 13.2 Å². The van der Waals surface area contributed by atoms with Gasteiger partial charge in [0.15, 0.2) is 0 Å². The summed E-state index contributed by atoms with van der Waals surface area (Å²) >= 11 is 1.14. The quantitative estimate of drug-likeness (QED) is 0.648. The number of ether oxygens (including phenoxy) is 1. The number of hydrogen-bond acceptors (Lipinski definition) is 6. The number of thiophene rings is 1. The number of aliphatic hydroxyl groups excluding tert-OH is 1. The maximum absolute atomic E-state index is 13.3. The number of alkyl halides is 3. The molecule has 7 nitrogen and oxygen atoms in total. The summed E-state index contributed by atoms with van der Waals surface area (Å²) in [7, 11) is 0. The minimum absolute atomic E-state index is 0.208. The molecule has 0 bridgehead atoms. The molecule has 2 atom stereocenters. The van der Waals surface area contributed by atoms with E-state index in [1.165, 1.54) is 5.38 Å². The minimum atomic E-state index is -4.34. The Morgan fingerprint density at radius 1 is 1.19 bits per heavy atom.